The summed E-state index contributed by atoms with van der Waals surface area (Å²) in [6.07, 6.45) is 1.22. The van der Waals surface area contributed by atoms with E-state index in [9.17, 15) is 0 Å². The van der Waals surface area contributed by atoms with Gasteiger partial charge in [0.2, 0.25) is 0 Å². The van der Waals surface area contributed by atoms with Gasteiger partial charge in [-0.1, -0.05) is 0 Å². The Morgan fingerprint density at radius 2 is 1.12 bits per heavy atom. The zero-order chi connectivity index (χ0) is 17.6. The van der Waals surface area contributed by atoms with E-state index in [-0.39, 0.29) is 0 Å². The molecule has 3 heteroatoms. The van der Waals surface area contributed by atoms with Crippen molar-refractivity contribution in [3.8, 4) is 0 Å². The van der Waals surface area contributed by atoms with E-state index >= 15 is 0 Å². The predicted molar refractivity (Wildman–Crippen MR) is 117 cm³/mol. The number of benzene rings is 3. The van der Waals surface area contributed by atoms with E-state index in [1.807, 2.05) is 0 Å². The Morgan fingerprint density at radius 3 is 1.73 bits per heavy atom. The number of hydrogen-bond acceptors (Lipinski definition) is 0. The van der Waals surface area contributed by atoms with Gasteiger partial charge in [-0.15, -0.1) is 0 Å². The second-order valence-electron chi connectivity index (χ2n) is 6.10. The molecule has 0 aliphatic carbocycles. The van der Waals surface area contributed by atoms with E-state index in [0.29, 0.717) is 37.5 Å². The van der Waals surface area contributed by atoms with Crippen LogP contribution in [-0.4, -0.2) is 41.8 Å². The Labute approximate surface area is 171 Å². The minimum absolute atomic E-state index is 0.303. The summed E-state index contributed by atoms with van der Waals surface area (Å²) in [6, 6.07) is 33.3. The van der Waals surface area contributed by atoms with Gasteiger partial charge in [0.05, 0.1) is 0 Å². The standard InChI is InChI=1S/C23H19As3/c1-4-10-18(11-5-1)21-16-17-24-26-25-23(20-14-8-3-9-15-20)22(21)19-12-6-2-7-13-19/h1-15H,16-17H2. The zero-order valence-electron chi connectivity index (χ0n) is 14.4. The van der Waals surface area contributed by atoms with Crippen LogP contribution in [0.4, 0.5) is 0 Å². The van der Waals surface area contributed by atoms with E-state index < -0.39 is 0 Å². The van der Waals surface area contributed by atoms with Crippen molar-refractivity contribution in [2.24, 2.45) is 0 Å². The Kier molecular flexibility index (Phi) is 6.51. The molecule has 0 unspecified atom stereocenters. The molecule has 126 valence electrons. The van der Waals surface area contributed by atoms with E-state index in [0.717, 1.165) is 0 Å². The van der Waals surface area contributed by atoms with Crippen LogP contribution in [0.5, 0.6) is 0 Å². The first kappa shape index (κ1) is 18.3. The molecule has 0 spiro atoms. The molecular formula is C23H19As3. The molecule has 0 amide bonds. The molecular weight excluding hydrogens is 501 g/mol. The van der Waals surface area contributed by atoms with Crippen molar-refractivity contribution in [3.63, 3.8) is 0 Å². The van der Waals surface area contributed by atoms with Gasteiger partial charge in [-0.3, -0.25) is 0 Å². The van der Waals surface area contributed by atoms with E-state index in [1.54, 1.807) is 9.88 Å². The molecule has 0 N–H and O–H groups in total. The summed E-state index contributed by atoms with van der Waals surface area (Å²) in [5.74, 6) is 0. The number of rotatable bonds is 3. The maximum absolute atomic E-state index is 2.32. The monoisotopic (exact) mass is 520 g/mol. The fraction of sp³-hybridized carbons (Fsp3) is 0.0870. The Hall–Kier alpha value is -1.05. The van der Waals surface area contributed by atoms with Gasteiger partial charge in [-0.2, -0.15) is 0 Å². The topological polar surface area (TPSA) is 0 Å². The van der Waals surface area contributed by atoms with E-state index in [4.69, 9.17) is 0 Å². The quantitative estimate of drug-likeness (QED) is 0.444. The third kappa shape index (κ3) is 4.26. The normalized spacial score (nSPS) is 16.4. The van der Waals surface area contributed by atoms with Crippen molar-refractivity contribution < 1.29 is 0 Å². The summed E-state index contributed by atoms with van der Waals surface area (Å²) in [5, 5.41) is 1.43. The van der Waals surface area contributed by atoms with Crippen LogP contribution in [-0.2, 0) is 0 Å². The molecule has 1 aliphatic rings. The summed E-state index contributed by atoms with van der Waals surface area (Å²) in [6.45, 7) is 0. The molecule has 4 rings (SSSR count). The van der Waals surface area contributed by atoms with Crippen molar-refractivity contribution in [2.45, 2.75) is 11.6 Å². The van der Waals surface area contributed by atoms with Crippen molar-refractivity contribution in [3.05, 3.63) is 108 Å². The molecule has 1 aliphatic heterocycles. The van der Waals surface area contributed by atoms with Crippen LogP contribution in [0.25, 0.3) is 11.1 Å². The van der Waals surface area contributed by atoms with Gasteiger partial charge in [0, 0.05) is 0 Å². The average Bonchev–Trinajstić information content (AvgIpc) is 2.70. The van der Waals surface area contributed by atoms with Crippen LogP contribution in [0.2, 0.25) is 5.21 Å². The minimum atomic E-state index is 0.303. The molecule has 3 aromatic rings. The van der Waals surface area contributed by atoms with Gasteiger partial charge in [0.1, 0.15) is 0 Å². The van der Waals surface area contributed by atoms with Crippen molar-refractivity contribution in [1.29, 1.82) is 0 Å². The predicted octanol–water partition coefficient (Wildman–Crippen LogP) is 4.58. The Balaban J connectivity index is 2.01. The number of allylic oxidation sites excluding steroid dienone is 2. The first-order valence-corrected chi connectivity index (χ1v) is 21.4. The van der Waals surface area contributed by atoms with E-state index in [2.05, 4.69) is 91.0 Å². The van der Waals surface area contributed by atoms with Gasteiger partial charge in [0.25, 0.3) is 0 Å². The average molecular weight is 520 g/mol. The van der Waals surface area contributed by atoms with Crippen LogP contribution < -0.4 is 0 Å². The summed E-state index contributed by atoms with van der Waals surface area (Å²) in [4.78, 5) is 0. The van der Waals surface area contributed by atoms with Gasteiger partial charge in [-0.05, 0) is 0 Å². The molecule has 0 saturated carbocycles. The van der Waals surface area contributed by atoms with Gasteiger partial charge in [-0.25, -0.2) is 0 Å². The Morgan fingerprint density at radius 1 is 0.577 bits per heavy atom. The van der Waals surface area contributed by atoms with E-state index in [1.165, 1.54) is 33.9 Å². The van der Waals surface area contributed by atoms with Crippen LogP contribution in [0.3, 0.4) is 0 Å². The molecule has 26 heavy (non-hydrogen) atoms. The fourth-order valence-corrected chi connectivity index (χ4v) is 25.5. The third-order valence-electron chi connectivity index (χ3n) is 4.44. The summed E-state index contributed by atoms with van der Waals surface area (Å²) in [5.41, 5.74) is 7.32. The first-order chi connectivity index (χ1) is 12.9. The molecule has 0 aromatic heterocycles. The van der Waals surface area contributed by atoms with Crippen molar-refractivity contribution in [2.75, 3.05) is 0 Å². The van der Waals surface area contributed by atoms with Crippen LogP contribution in [0, 0.1) is 0 Å². The molecule has 0 fully saturated rings. The maximum atomic E-state index is 2.32. The van der Waals surface area contributed by atoms with Gasteiger partial charge >= 0.3 is 172 Å². The second kappa shape index (κ2) is 9.24. The fourth-order valence-electron chi connectivity index (χ4n) is 3.24. The summed E-state index contributed by atoms with van der Waals surface area (Å²) >= 11 is 1.44. The molecule has 0 saturated heterocycles. The van der Waals surface area contributed by atoms with Crippen molar-refractivity contribution in [1.82, 2.24) is 0 Å². The van der Waals surface area contributed by atoms with Crippen LogP contribution in [0.1, 0.15) is 23.1 Å². The molecule has 1 heterocycles. The second-order valence-corrected chi connectivity index (χ2v) is 26.7. The van der Waals surface area contributed by atoms with Crippen molar-refractivity contribution >= 4 is 52.9 Å². The first-order valence-electron chi connectivity index (χ1n) is 8.78. The van der Waals surface area contributed by atoms with Crippen LogP contribution >= 0.6 is 0 Å². The molecule has 0 radical (unpaired) electrons. The van der Waals surface area contributed by atoms with Gasteiger partial charge < -0.3 is 0 Å². The molecule has 0 atom stereocenters. The summed E-state index contributed by atoms with van der Waals surface area (Å²) in [7, 11) is 0. The number of hydrogen-bond donors (Lipinski definition) is 0. The SMILES string of the molecule is c1ccc(C2=[As][As]=[As]CCC(c3ccccc3)=C2c2ccccc2)cc1. The Bertz CT molecular complexity index is 956. The zero-order valence-corrected chi connectivity index (χ0v) is 20.0. The third-order valence-corrected chi connectivity index (χ3v) is 26.2. The van der Waals surface area contributed by atoms with Crippen LogP contribution in [0.15, 0.2) is 91.0 Å². The summed E-state index contributed by atoms with van der Waals surface area (Å²) < 4.78 is 1.65. The molecule has 3 aromatic carbocycles. The molecule has 0 nitrogen and oxygen atoms in total. The molecule has 0 bridgehead atoms. The van der Waals surface area contributed by atoms with Gasteiger partial charge in [0.15, 0.2) is 0 Å².